The molecule has 2 fully saturated rings. The number of nitrogens with zero attached hydrogens (tertiary/aromatic N) is 3. The largest absolute Gasteiger partial charge is 0.433 e. The Hall–Kier alpha value is -1.64. The summed E-state index contributed by atoms with van der Waals surface area (Å²) in [5.74, 6) is 0.621. The predicted molar refractivity (Wildman–Crippen MR) is 108 cm³/mol. The van der Waals surface area contributed by atoms with E-state index in [9.17, 15) is 13.2 Å². The van der Waals surface area contributed by atoms with Crippen molar-refractivity contribution in [2.24, 2.45) is 5.92 Å². The molecular weight excluding hydrogens is 387 g/mol. The summed E-state index contributed by atoms with van der Waals surface area (Å²) in [6, 6.07) is 1.28. The molecule has 2 heterocycles. The number of aromatic nitrogens is 2. The molecule has 1 atom stereocenters. The third-order valence-corrected chi connectivity index (χ3v) is 5.62. The number of nitrogens with one attached hydrogen (secondary N) is 2. The summed E-state index contributed by atoms with van der Waals surface area (Å²) in [4.78, 5) is 9.90. The van der Waals surface area contributed by atoms with Gasteiger partial charge in [0.2, 0.25) is 5.95 Å². The highest BCUT2D eigenvalue weighted by molar-refractivity contribution is 7.80. The van der Waals surface area contributed by atoms with Crippen LogP contribution in [0.1, 0.15) is 64.0 Å². The Balaban J connectivity index is 1.75. The first-order valence-electron chi connectivity index (χ1n) is 10.1. The summed E-state index contributed by atoms with van der Waals surface area (Å²) >= 11 is 5.32. The third-order valence-electron chi connectivity index (χ3n) is 5.40. The Morgan fingerprint density at radius 3 is 2.46 bits per heavy atom. The fraction of sp³-hybridized carbons (Fsp3) is 0.737. The van der Waals surface area contributed by atoms with Crippen molar-refractivity contribution in [2.75, 3.05) is 23.3 Å². The molecule has 2 N–H and O–H groups in total. The smallest absolute Gasteiger partial charge is 0.360 e. The number of alkyl halides is 3. The molecule has 5 nitrogen and oxygen atoms in total. The highest BCUT2D eigenvalue weighted by Crippen LogP contribution is 2.31. The molecule has 1 saturated heterocycles. The van der Waals surface area contributed by atoms with Gasteiger partial charge in [-0.05, 0) is 43.8 Å². The average molecular weight is 416 g/mol. The lowest BCUT2D eigenvalue weighted by Gasteiger charge is -2.32. The zero-order chi connectivity index (χ0) is 20.1. The SMILES string of the molecule is C[C@H]1CCCN(c2cc(C(F)(F)F)nc(NC(=S)NC3CCCCCC3)n2)C1. The van der Waals surface area contributed by atoms with Gasteiger partial charge >= 0.3 is 6.18 Å². The molecule has 0 unspecified atom stereocenters. The second-order valence-electron chi connectivity index (χ2n) is 7.91. The lowest BCUT2D eigenvalue weighted by atomic mass is 10.0. The molecule has 1 aliphatic heterocycles. The standard InChI is InChI=1S/C19H28F3N5S/c1-13-7-6-10-27(12-13)16-11-15(19(20,21)22)24-17(25-16)26-18(28)23-14-8-4-2-3-5-9-14/h11,13-14H,2-10,12H2,1H3,(H2,23,24,25,26,28)/t13-/m0/s1. The number of thiocarbonyl (C=S) groups is 1. The van der Waals surface area contributed by atoms with Crippen LogP contribution in [0.2, 0.25) is 0 Å². The van der Waals surface area contributed by atoms with Gasteiger partial charge < -0.3 is 15.5 Å². The maximum absolute atomic E-state index is 13.4. The average Bonchev–Trinajstić information content (AvgIpc) is 2.89. The molecule has 1 aromatic heterocycles. The Bertz CT molecular complexity index is 674. The number of anilines is 2. The van der Waals surface area contributed by atoms with Crippen LogP contribution in [0, 0.1) is 5.92 Å². The van der Waals surface area contributed by atoms with Gasteiger partial charge in [-0.15, -0.1) is 0 Å². The quantitative estimate of drug-likeness (QED) is 0.549. The molecule has 156 valence electrons. The maximum Gasteiger partial charge on any atom is 0.433 e. The van der Waals surface area contributed by atoms with Crippen LogP contribution in [0.4, 0.5) is 24.9 Å². The first-order chi connectivity index (χ1) is 13.3. The summed E-state index contributed by atoms with van der Waals surface area (Å²) < 4.78 is 40.1. The van der Waals surface area contributed by atoms with Crippen molar-refractivity contribution in [2.45, 2.75) is 70.5 Å². The van der Waals surface area contributed by atoms with Crippen LogP contribution in [0.3, 0.4) is 0 Å². The van der Waals surface area contributed by atoms with Crippen molar-refractivity contribution in [3.05, 3.63) is 11.8 Å². The van der Waals surface area contributed by atoms with Crippen LogP contribution in [0.25, 0.3) is 0 Å². The van der Waals surface area contributed by atoms with Crippen molar-refractivity contribution in [1.82, 2.24) is 15.3 Å². The van der Waals surface area contributed by atoms with Crippen LogP contribution in [-0.4, -0.2) is 34.2 Å². The van der Waals surface area contributed by atoms with Gasteiger partial charge in [-0.25, -0.2) is 4.98 Å². The fourth-order valence-corrected chi connectivity index (χ4v) is 4.20. The molecule has 2 aliphatic rings. The van der Waals surface area contributed by atoms with Gasteiger partial charge in [-0.2, -0.15) is 18.2 Å². The lowest BCUT2D eigenvalue weighted by molar-refractivity contribution is -0.141. The van der Waals surface area contributed by atoms with Crippen LogP contribution < -0.4 is 15.5 Å². The zero-order valence-electron chi connectivity index (χ0n) is 16.2. The van der Waals surface area contributed by atoms with Crippen LogP contribution in [0.15, 0.2) is 6.07 Å². The summed E-state index contributed by atoms with van der Waals surface area (Å²) in [7, 11) is 0. The van der Waals surface area contributed by atoms with Crippen molar-refractivity contribution < 1.29 is 13.2 Å². The van der Waals surface area contributed by atoms with Gasteiger partial charge in [-0.3, -0.25) is 0 Å². The molecule has 3 rings (SSSR count). The minimum absolute atomic E-state index is 0.103. The van der Waals surface area contributed by atoms with E-state index in [1.807, 2.05) is 4.90 Å². The first kappa shape index (κ1) is 21.1. The Morgan fingerprint density at radius 2 is 1.82 bits per heavy atom. The van der Waals surface area contributed by atoms with E-state index in [0.717, 1.165) is 44.6 Å². The molecule has 28 heavy (non-hydrogen) atoms. The van der Waals surface area contributed by atoms with E-state index in [1.54, 1.807) is 0 Å². The molecule has 0 amide bonds. The first-order valence-corrected chi connectivity index (χ1v) is 10.5. The Morgan fingerprint density at radius 1 is 1.11 bits per heavy atom. The normalized spacial score (nSPS) is 21.9. The molecule has 0 bridgehead atoms. The number of hydrogen-bond donors (Lipinski definition) is 2. The van der Waals surface area contributed by atoms with Crippen molar-refractivity contribution in [3.8, 4) is 0 Å². The van der Waals surface area contributed by atoms with E-state index < -0.39 is 11.9 Å². The summed E-state index contributed by atoms with van der Waals surface area (Å²) in [6.07, 6.45) is 4.22. The van der Waals surface area contributed by atoms with Gasteiger partial charge in [0.1, 0.15) is 5.82 Å². The minimum Gasteiger partial charge on any atom is -0.360 e. The van der Waals surface area contributed by atoms with Gasteiger partial charge in [0.25, 0.3) is 0 Å². The second-order valence-corrected chi connectivity index (χ2v) is 8.32. The fourth-order valence-electron chi connectivity index (χ4n) is 3.94. The van der Waals surface area contributed by atoms with Gasteiger partial charge in [0.15, 0.2) is 10.8 Å². The van der Waals surface area contributed by atoms with Crippen molar-refractivity contribution in [3.63, 3.8) is 0 Å². The lowest BCUT2D eigenvalue weighted by Crippen LogP contribution is -2.38. The van der Waals surface area contributed by atoms with Crippen LogP contribution >= 0.6 is 12.2 Å². The molecule has 9 heteroatoms. The van der Waals surface area contributed by atoms with Crippen LogP contribution in [-0.2, 0) is 6.18 Å². The van der Waals surface area contributed by atoms with E-state index in [-0.39, 0.29) is 17.1 Å². The molecular formula is C19H28F3N5S. The monoisotopic (exact) mass is 415 g/mol. The summed E-state index contributed by atoms with van der Waals surface area (Å²) in [6.45, 7) is 3.49. The molecule has 1 aromatic rings. The van der Waals surface area contributed by atoms with E-state index in [1.165, 1.54) is 12.8 Å². The van der Waals surface area contributed by atoms with Crippen molar-refractivity contribution >= 4 is 29.1 Å². The molecule has 1 aliphatic carbocycles. The zero-order valence-corrected chi connectivity index (χ0v) is 17.0. The van der Waals surface area contributed by atoms with Crippen molar-refractivity contribution in [1.29, 1.82) is 0 Å². The van der Waals surface area contributed by atoms with E-state index in [4.69, 9.17) is 12.2 Å². The van der Waals surface area contributed by atoms with Gasteiger partial charge in [0.05, 0.1) is 0 Å². The second kappa shape index (κ2) is 9.24. The van der Waals surface area contributed by atoms with Gasteiger partial charge in [0, 0.05) is 25.2 Å². The third kappa shape index (κ3) is 5.93. The molecule has 0 radical (unpaired) electrons. The van der Waals surface area contributed by atoms with E-state index >= 15 is 0 Å². The highest BCUT2D eigenvalue weighted by atomic mass is 32.1. The van der Waals surface area contributed by atoms with E-state index in [2.05, 4.69) is 27.5 Å². The Kier molecular flexibility index (Phi) is 6.95. The molecule has 0 aromatic carbocycles. The predicted octanol–water partition coefficient (Wildman–Crippen LogP) is 4.74. The number of halogens is 3. The number of piperidine rings is 1. The molecule has 1 saturated carbocycles. The maximum atomic E-state index is 13.4. The molecule has 0 spiro atoms. The van der Waals surface area contributed by atoms with Crippen LogP contribution in [0.5, 0.6) is 0 Å². The summed E-state index contributed by atoms with van der Waals surface area (Å²) in [5.41, 5.74) is -0.949. The summed E-state index contributed by atoms with van der Waals surface area (Å²) in [5, 5.41) is 6.28. The van der Waals surface area contributed by atoms with E-state index in [0.29, 0.717) is 24.8 Å². The topological polar surface area (TPSA) is 53.1 Å². The Labute approximate surface area is 169 Å². The number of rotatable bonds is 3. The minimum atomic E-state index is -4.54. The van der Waals surface area contributed by atoms with Gasteiger partial charge in [-0.1, -0.05) is 32.6 Å². The highest BCUT2D eigenvalue weighted by Gasteiger charge is 2.34. The number of hydrogen-bond acceptors (Lipinski definition) is 4.